The standard InChI is InChI=1S/C29H33N3O/c1-19(2)16-27(21-6-8-22(9-7-21)28(30)33)32-26-15-12-23(17-24(26)18-31-32)20-10-13-25(14-11-20)29(3,4)5/h6-15,17-19,27H,16H2,1-5H3,(H2,30,33). The molecule has 1 heterocycles. The topological polar surface area (TPSA) is 60.9 Å². The van der Waals surface area contributed by atoms with Gasteiger partial charge in [0, 0.05) is 10.9 Å². The molecule has 4 aromatic rings. The first-order chi connectivity index (χ1) is 15.6. The van der Waals surface area contributed by atoms with Gasteiger partial charge >= 0.3 is 0 Å². The Morgan fingerprint density at radius 2 is 1.58 bits per heavy atom. The summed E-state index contributed by atoms with van der Waals surface area (Å²) in [5.41, 5.74) is 12.1. The molecule has 1 atom stereocenters. The van der Waals surface area contributed by atoms with Crippen LogP contribution in [0.4, 0.5) is 0 Å². The largest absolute Gasteiger partial charge is 0.366 e. The summed E-state index contributed by atoms with van der Waals surface area (Å²) in [5, 5.41) is 5.91. The van der Waals surface area contributed by atoms with Crippen molar-refractivity contribution in [2.24, 2.45) is 11.7 Å². The Kier molecular flexibility index (Phi) is 6.11. The van der Waals surface area contributed by atoms with Crippen LogP contribution in [0.15, 0.2) is 72.9 Å². The van der Waals surface area contributed by atoms with Crippen LogP contribution < -0.4 is 5.73 Å². The Morgan fingerprint density at radius 1 is 0.939 bits per heavy atom. The zero-order valence-corrected chi connectivity index (χ0v) is 20.2. The molecule has 0 saturated carbocycles. The molecule has 1 amide bonds. The van der Waals surface area contributed by atoms with E-state index >= 15 is 0 Å². The number of hydrogen-bond donors (Lipinski definition) is 1. The highest BCUT2D eigenvalue weighted by Crippen LogP contribution is 2.32. The van der Waals surface area contributed by atoms with Crippen LogP contribution in [0.25, 0.3) is 22.0 Å². The molecular weight excluding hydrogens is 406 g/mol. The monoisotopic (exact) mass is 439 g/mol. The highest BCUT2D eigenvalue weighted by Gasteiger charge is 2.19. The van der Waals surface area contributed by atoms with Crippen LogP contribution in [-0.4, -0.2) is 15.7 Å². The molecule has 2 N–H and O–H groups in total. The Morgan fingerprint density at radius 3 is 2.15 bits per heavy atom. The first kappa shape index (κ1) is 22.8. The maximum atomic E-state index is 11.5. The third kappa shape index (κ3) is 4.85. The van der Waals surface area contributed by atoms with Gasteiger partial charge in [-0.25, -0.2) is 0 Å². The van der Waals surface area contributed by atoms with Crippen LogP contribution in [0.3, 0.4) is 0 Å². The van der Waals surface area contributed by atoms with Gasteiger partial charge in [0.1, 0.15) is 0 Å². The molecule has 4 heteroatoms. The maximum Gasteiger partial charge on any atom is 0.248 e. The minimum absolute atomic E-state index is 0.0846. The fourth-order valence-corrected chi connectivity index (χ4v) is 4.34. The van der Waals surface area contributed by atoms with E-state index in [1.54, 1.807) is 12.1 Å². The highest BCUT2D eigenvalue weighted by molar-refractivity contribution is 5.92. The lowest BCUT2D eigenvalue weighted by molar-refractivity contribution is 0.1000. The summed E-state index contributed by atoms with van der Waals surface area (Å²) in [6.07, 6.45) is 2.90. The Balaban J connectivity index is 1.70. The van der Waals surface area contributed by atoms with E-state index in [0.29, 0.717) is 11.5 Å². The smallest absolute Gasteiger partial charge is 0.248 e. The Bertz CT molecular complexity index is 1260. The van der Waals surface area contributed by atoms with Crippen molar-refractivity contribution in [2.45, 2.75) is 52.5 Å². The molecule has 0 saturated heterocycles. The third-order valence-corrected chi connectivity index (χ3v) is 6.25. The molecule has 0 bridgehead atoms. The first-order valence-electron chi connectivity index (χ1n) is 11.6. The second-order valence-corrected chi connectivity index (χ2v) is 10.3. The van der Waals surface area contributed by atoms with E-state index in [0.717, 1.165) is 22.9 Å². The minimum Gasteiger partial charge on any atom is -0.366 e. The molecule has 33 heavy (non-hydrogen) atoms. The molecule has 0 aliphatic carbocycles. The molecule has 4 nitrogen and oxygen atoms in total. The van der Waals surface area contributed by atoms with Crippen LogP contribution in [0.2, 0.25) is 0 Å². The minimum atomic E-state index is -0.408. The van der Waals surface area contributed by atoms with Crippen molar-refractivity contribution in [1.29, 1.82) is 0 Å². The van der Waals surface area contributed by atoms with Gasteiger partial charge in [-0.2, -0.15) is 5.10 Å². The average molecular weight is 440 g/mol. The quantitative estimate of drug-likeness (QED) is 0.362. The van der Waals surface area contributed by atoms with Gasteiger partial charge in [0.05, 0.1) is 17.8 Å². The van der Waals surface area contributed by atoms with Gasteiger partial charge in [-0.15, -0.1) is 0 Å². The molecule has 0 spiro atoms. The number of hydrogen-bond acceptors (Lipinski definition) is 2. The van der Waals surface area contributed by atoms with E-state index in [1.165, 1.54) is 16.7 Å². The average Bonchev–Trinajstić information content (AvgIpc) is 3.20. The van der Waals surface area contributed by atoms with Crippen molar-refractivity contribution in [3.8, 4) is 11.1 Å². The number of fused-ring (bicyclic) bond motifs is 1. The van der Waals surface area contributed by atoms with Crippen molar-refractivity contribution >= 4 is 16.8 Å². The van der Waals surface area contributed by atoms with E-state index in [1.807, 2.05) is 18.3 Å². The maximum absolute atomic E-state index is 11.5. The van der Waals surface area contributed by atoms with E-state index in [4.69, 9.17) is 10.8 Å². The van der Waals surface area contributed by atoms with Crippen molar-refractivity contribution in [1.82, 2.24) is 9.78 Å². The number of nitrogens with two attached hydrogens (primary N) is 1. The molecule has 4 rings (SSSR count). The lowest BCUT2D eigenvalue weighted by atomic mass is 9.86. The van der Waals surface area contributed by atoms with Crippen molar-refractivity contribution in [3.63, 3.8) is 0 Å². The number of carbonyl (C=O) groups excluding carboxylic acids is 1. The van der Waals surface area contributed by atoms with Gasteiger partial charge < -0.3 is 5.73 Å². The molecule has 0 radical (unpaired) electrons. The number of carbonyl (C=O) groups is 1. The van der Waals surface area contributed by atoms with Crippen molar-refractivity contribution < 1.29 is 4.79 Å². The SMILES string of the molecule is CC(C)CC(c1ccc(C(N)=O)cc1)n1ncc2cc(-c3ccc(C(C)(C)C)cc3)ccc21. The lowest BCUT2D eigenvalue weighted by Crippen LogP contribution is -2.15. The molecule has 1 unspecified atom stereocenters. The second-order valence-electron chi connectivity index (χ2n) is 10.3. The Labute approximate surface area is 196 Å². The zero-order valence-electron chi connectivity index (χ0n) is 20.2. The summed E-state index contributed by atoms with van der Waals surface area (Å²) in [7, 11) is 0. The lowest BCUT2D eigenvalue weighted by Gasteiger charge is -2.21. The molecule has 170 valence electrons. The van der Waals surface area contributed by atoms with Gasteiger partial charge in [-0.05, 0) is 64.3 Å². The molecule has 0 fully saturated rings. The highest BCUT2D eigenvalue weighted by atomic mass is 16.1. The summed E-state index contributed by atoms with van der Waals surface area (Å²) in [4.78, 5) is 11.5. The fraction of sp³-hybridized carbons (Fsp3) is 0.310. The molecule has 3 aromatic carbocycles. The first-order valence-corrected chi connectivity index (χ1v) is 11.6. The number of benzene rings is 3. The van der Waals surface area contributed by atoms with E-state index in [-0.39, 0.29) is 11.5 Å². The normalized spacial score (nSPS) is 12.9. The van der Waals surface area contributed by atoms with E-state index in [2.05, 4.69) is 81.8 Å². The fourth-order valence-electron chi connectivity index (χ4n) is 4.34. The predicted octanol–water partition coefficient (Wildman–Crippen LogP) is 6.74. The van der Waals surface area contributed by atoms with Gasteiger partial charge in [-0.3, -0.25) is 9.48 Å². The molecular formula is C29H33N3O. The summed E-state index contributed by atoms with van der Waals surface area (Å²) < 4.78 is 2.11. The van der Waals surface area contributed by atoms with Crippen LogP contribution in [0.5, 0.6) is 0 Å². The zero-order chi connectivity index (χ0) is 23.8. The van der Waals surface area contributed by atoms with Crippen LogP contribution in [0, 0.1) is 5.92 Å². The summed E-state index contributed by atoms with van der Waals surface area (Å²) in [6, 6.07) is 23.1. The summed E-state index contributed by atoms with van der Waals surface area (Å²) >= 11 is 0. The van der Waals surface area contributed by atoms with Crippen LogP contribution >= 0.6 is 0 Å². The van der Waals surface area contributed by atoms with Gasteiger partial charge in [0.25, 0.3) is 0 Å². The second kappa shape index (κ2) is 8.86. The molecule has 0 aliphatic heterocycles. The number of rotatable bonds is 6. The summed E-state index contributed by atoms with van der Waals surface area (Å²) in [5.74, 6) is 0.0835. The van der Waals surface area contributed by atoms with Gasteiger partial charge in [0.15, 0.2) is 0 Å². The van der Waals surface area contributed by atoms with Gasteiger partial charge in [0.2, 0.25) is 5.91 Å². The van der Waals surface area contributed by atoms with E-state index < -0.39 is 5.91 Å². The van der Waals surface area contributed by atoms with E-state index in [9.17, 15) is 4.79 Å². The van der Waals surface area contributed by atoms with Crippen molar-refractivity contribution in [2.75, 3.05) is 0 Å². The summed E-state index contributed by atoms with van der Waals surface area (Å²) in [6.45, 7) is 11.1. The Hall–Kier alpha value is -3.40. The number of nitrogens with zero attached hydrogens (tertiary/aromatic N) is 2. The van der Waals surface area contributed by atoms with Crippen LogP contribution in [-0.2, 0) is 5.41 Å². The molecule has 0 aliphatic rings. The number of primary amides is 1. The predicted molar refractivity (Wildman–Crippen MR) is 136 cm³/mol. The third-order valence-electron chi connectivity index (χ3n) is 6.25. The number of aromatic nitrogens is 2. The van der Waals surface area contributed by atoms with Crippen molar-refractivity contribution in [3.05, 3.63) is 89.6 Å². The number of amides is 1. The molecule has 1 aromatic heterocycles. The van der Waals surface area contributed by atoms with Crippen LogP contribution in [0.1, 0.15) is 68.6 Å². The van der Waals surface area contributed by atoms with Gasteiger partial charge in [-0.1, -0.05) is 77.1 Å².